The van der Waals surface area contributed by atoms with Crippen molar-refractivity contribution < 1.29 is 4.74 Å². The fraction of sp³-hybridized carbons (Fsp3) is 1.00. The number of nitrogens with zero attached hydrogens (tertiary/aromatic N) is 1. The summed E-state index contributed by atoms with van der Waals surface area (Å²) in [7, 11) is 0. The minimum atomic E-state index is 0.118. The summed E-state index contributed by atoms with van der Waals surface area (Å²) in [6.45, 7) is 12.6. The first-order valence-electron chi connectivity index (χ1n) is 7.67. The molecular weight excluding hydrogens is 224 g/mol. The molecule has 2 aliphatic rings. The highest BCUT2D eigenvalue weighted by Crippen LogP contribution is 2.26. The van der Waals surface area contributed by atoms with Crippen molar-refractivity contribution >= 4 is 0 Å². The lowest BCUT2D eigenvalue weighted by Crippen LogP contribution is -2.45. The van der Waals surface area contributed by atoms with E-state index in [0.717, 1.165) is 19.1 Å². The molecule has 0 radical (unpaired) electrons. The van der Waals surface area contributed by atoms with Crippen LogP contribution in [0.1, 0.15) is 46.5 Å². The van der Waals surface area contributed by atoms with Crippen molar-refractivity contribution in [1.29, 1.82) is 0 Å². The first kappa shape index (κ1) is 14.3. The fourth-order valence-electron chi connectivity index (χ4n) is 3.38. The Morgan fingerprint density at radius 3 is 2.89 bits per heavy atom. The van der Waals surface area contributed by atoms with Gasteiger partial charge in [-0.3, -0.25) is 4.90 Å². The van der Waals surface area contributed by atoms with Crippen molar-refractivity contribution in [3.05, 3.63) is 0 Å². The van der Waals surface area contributed by atoms with Crippen LogP contribution in [-0.4, -0.2) is 49.3 Å². The van der Waals surface area contributed by atoms with Crippen LogP contribution in [0.2, 0.25) is 0 Å². The van der Waals surface area contributed by atoms with Gasteiger partial charge in [0.2, 0.25) is 0 Å². The standard InChI is InChI=1S/C15H30N2O/c1-13(2)10-14-11-17(8-5-7-16-14)12-15(3)6-4-9-18-15/h13-14,16H,4-12H2,1-3H3. The normalized spacial score (nSPS) is 35.0. The van der Waals surface area contributed by atoms with Crippen LogP contribution in [0.3, 0.4) is 0 Å². The SMILES string of the molecule is CC(C)CC1CN(CC2(C)CCCO2)CCCN1. The summed E-state index contributed by atoms with van der Waals surface area (Å²) in [5.74, 6) is 0.778. The van der Waals surface area contributed by atoms with E-state index in [1.54, 1.807) is 0 Å². The molecule has 2 aliphatic heterocycles. The summed E-state index contributed by atoms with van der Waals surface area (Å²) in [6.07, 6.45) is 5.02. The van der Waals surface area contributed by atoms with Crippen LogP contribution in [0.25, 0.3) is 0 Å². The van der Waals surface area contributed by atoms with Gasteiger partial charge < -0.3 is 10.1 Å². The van der Waals surface area contributed by atoms with Crippen molar-refractivity contribution in [1.82, 2.24) is 10.2 Å². The van der Waals surface area contributed by atoms with E-state index in [9.17, 15) is 0 Å². The molecule has 2 saturated heterocycles. The van der Waals surface area contributed by atoms with E-state index in [-0.39, 0.29) is 5.60 Å². The summed E-state index contributed by atoms with van der Waals surface area (Å²) in [6, 6.07) is 0.664. The Balaban J connectivity index is 1.86. The Bertz CT molecular complexity index is 249. The number of rotatable bonds is 4. The first-order chi connectivity index (χ1) is 8.57. The third-order valence-corrected chi connectivity index (χ3v) is 4.18. The van der Waals surface area contributed by atoms with Crippen molar-refractivity contribution in [2.75, 3.05) is 32.8 Å². The molecule has 106 valence electrons. The number of hydrogen-bond donors (Lipinski definition) is 1. The van der Waals surface area contributed by atoms with Crippen molar-refractivity contribution in [2.24, 2.45) is 5.92 Å². The molecule has 2 heterocycles. The van der Waals surface area contributed by atoms with Crippen LogP contribution in [0.5, 0.6) is 0 Å². The number of hydrogen-bond acceptors (Lipinski definition) is 3. The second-order valence-electron chi connectivity index (χ2n) is 6.77. The van der Waals surface area contributed by atoms with Crippen LogP contribution in [0.15, 0.2) is 0 Å². The Morgan fingerprint density at radius 2 is 2.22 bits per heavy atom. The zero-order chi connectivity index (χ0) is 13.0. The van der Waals surface area contributed by atoms with Crippen LogP contribution >= 0.6 is 0 Å². The van der Waals surface area contributed by atoms with Gasteiger partial charge in [-0.25, -0.2) is 0 Å². The third kappa shape index (κ3) is 4.22. The van der Waals surface area contributed by atoms with Gasteiger partial charge in [-0.15, -0.1) is 0 Å². The highest BCUT2D eigenvalue weighted by molar-refractivity contribution is 4.87. The van der Waals surface area contributed by atoms with Crippen LogP contribution in [0.4, 0.5) is 0 Å². The van der Waals surface area contributed by atoms with Crippen LogP contribution in [0, 0.1) is 5.92 Å². The Labute approximate surface area is 112 Å². The highest BCUT2D eigenvalue weighted by Gasteiger charge is 2.32. The smallest absolute Gasteiger partial charge is 0.0781 e. The maximum Gasteiger partial charge on any atom is 0.0781 e. The molecule has 0 aliphatic carbocycles. The predicted octanol–water partition coefficient (Wildman–Crippen LogP) is 2.27. The van der Waals surface area contributed by atoms with Gasteiger partial charge in [0.05, 0.1) is 5.60 Å². The molecule has 1 N–H and O–H groups in total. The lowest BCUT2D eigenvalue weighted by Gasteiger charge is -2.32. The van der Waals surface area contributed by atoms with E-state index < -0.39 is 0 Å². The minimum Gasteiger partial charge on any atom is -0.374 e. The molecule has 3 heteroatoms. The second-order valence-corrected chi connectivity index (χ2v) is 6.77. The molecule has 0 bridgehead atoms. The lowest BCUT2D eigenvalue weighted by atomic mass is 10.0. The van der Waals surface area contributed by atoms with E-state index >= 15 is 0 Å². The largest absolute Gasteiger partial charge is 0.374 e. The van der Waals surface area contributed by atoms with Gasteiger partial charge in [0.1, 0.15) is 0 Å². The molecule has 0 saturated carbocycles. The zero-order valence-corrected chi connectivity index (χ0v) is 12.4. The zero-order valence-electron chi connectivity index (χ0n) is 12.4. The maximum atomic E-state index is 5.94. The monoisotopic (exact) mass is 254 g/mol. The van der Waals surface area contributed by atoms with E-state index in [4.69, 9.17) is 4.74 Å². The summed E-state index contributed by atoms with van der Waals surface area (Å²) < 4.78 is 5.94. The average Bonchev–Trinajstić information content (AvgIpc) is 2.58. The van der Waals surface area contributed by atoms with Gasteiger partial charge in [-0.2, -0.15) is 0 Å². The number of ether oxygens (including phenoxy) is 1. The molecule has 18 heavy (non-hydrogen) atoms. The third-order valence-electron chi connectivity index (χ3n) is 4.18. The molecule has 0 aromatic carbocycles. The Morgan fingerprint density at radius 1 is 1.39 bits per heavy atom. The molecule has 2 rings (SSSR count). The van der Waals surface area contributed by atoms with Crippen LogP contribution in [-0.2, 0) is 4.74 Å². The first-order valence-corrected chi connectivity index (χ1v) is 7.67. The molecule has 0 aromatic heterocycles. The van der Waals surface area contributed by atoms with Gasteiger partial charge in [0.25, 0.3) is 0 Å². The van der Waals surface area contributed by atoms with Crippen molar-refractivity contribution in [2.45, 2.75) is 58.1 Å². The molecular formula is C15H30N2O. The Kier molecular flexibility index (Phi) is 5.05. The average molecular weight is 254 g/mol. The topological polar surface area (TPSA) is 24.5 Å². The van der Waals surface area contributed by atoms with Gasteiger partial charge in [0.15, 0.2) is 0 Å². The van der Waals surface area contributed by atoms with Gasteiger partial charge in [0, 0.05) is 25.7 Å². The maximum absolute atomic E-state index is 5.94. The molecule has 0 aromatic rings. The van der Waals surface area contributed by atoms with E-state index in [2.05, 4.69) is 31.0 Å². The summed E-state index contributed by atoms with van der Waals surface area (Å²) >= 11 is 0. The lowest BCUT2D eigenvalue weighted by molar-refractivity contribution is -0.00937. The van der Waals surface area contributed by atoms with Gasteiger partial charge >= 0.3 is 0 Å². The van der Waals surface area contributed by atoms with Crippen molar-refractivity contribution in [3.63, 3.8) is 0 Å². The van der Waals surface area contributed by atoms with E-state index in [1.165, 1.54) is 45.3 Å². The van der Waals surface area contributed by atoms with Gasteiger partial charge in [-0.05, 0) is 51.6 Å². The quantitative estimate of drug-likeness (QED) is 0.833. The van der Waals surface area contributed by atoms with Crippen molar-refractivity contribution in [3.8, 4) is 0 Å². The molecule has 0 amide bonds. The summed E-state index contributed by atoms with van der Waals surface area (Å²) in [5.41, 5.74) is 0.118. The molecule has 2 unspecified atom stereocenters. The summed E-state index contributed by atoms with van der Waals surface area (Å²) in [4.78, 5) is 2.62. The van der Waals surface area contributed by atoms with Crippen LogP contribution < -0.4 is 5.32 Å². The van der Waals surface area contributed by atoms with E-state index in [1.807, 2.05) is 0 Å². The molecule has 2 fully saturated rings. The second kappa shape index (κ2) is 6.36. The molecule has 2 atom stereocenters. The minimum absolute atomic E-state index is 0.118. The fourth-order valence-corrected chi connectivity index (χ4v) is 3.38. The Hall–Kier alpha value is -0.120. The molecule has 3 nitrogen and oxygen atoms in total. The number of nitrogens with one attached hydrogen (secondary N) is 1. The predicted molar refractivity (Wildman–Crippen MR) is 75.9 cm³/mol. The van der Waals surface area contributed by atoms with E-state index in [0.29, 0.717) is 6.04 Å². The summed E-state index contributed by atoms with van der Waals surface area (Å²) in [5, 5.41) is 3.70. The highest BCUT2D eigenvalue weighted by atomic mass is 16.5. The van der Waals surface area contributed by atoms with Gasteiger partial charge in [-0.1, -0.05) is 13.8 Å². The molecule has 0 spiro atoms.